The van der Waals surface area contributed by atoms with Crippen molar-refractivity contribution in [2.75, 3.05) is 26.1 Å². The molecule has 18 heavy (non-hydrogen) atoms. The minimum atomic E-state index is -3.65. The van der Waals surface area contributed by atoms with Crippen LogP contribution in [0.2, 0.25) is 0 Å². The molecule has 0 spiro atoms. The van der Waals surface area contributed by atoms with E-state index in [1.54, 1.807) is 20.9 Å². The van der Waals surface area contributed by atoms with Gasteiger partial charge in [-0.1, -0.05) is 0 Å². The fourth-order valence-electron chi connectivity index (χ4n) is 1.40. The van der Waals surface area contributed by atoms with E-state index in [1.807, 2.05) is 0 Å². The summed E-state index contributed by atoms with van der Waals surface area (Å²) in [6, 6.07) is 0. The number of nitrogens with one attached hydrogen (secondary N) is 2. The van der Waals surface area contributed by atoms with Gasteiger partial charge in [-0.2, -0.15) is 0 Å². The van der Waals surface area contributed by atoms with Crippen molar-refractivity contribution < 1.29 is 13.2 Å². The molecule has 8 heteroatoms. The molecule has 0 saturated carbocycles. The summed E-state index contributed by atoms with van der Waals surface area (Å²) in [5.41, 5.74) is -0.699. The molecular weight excluding hydrogens is 256 g/mol. The second kappa shape index (κ2) is 5.59. The molecule has 0 bridgehead atoms. The normalized spacial score (nSPS) is 12.4. The summed E-state index contributed by atoms with van der Waals surface area (Å²) in [6.07, 6.45) is 2.51. The molecule has 0 saturated heterocycles. The highest BCUT2D eigenvalue weighted by Crippen LogP contribution is 2.12. The van der Waals surface area contributed by atoms with Crippen LogP contribution in [0.25, 0.3) is 0 Å². The minimum Gasteiger partial charge on any atom is -0.383 e. The van der Waals surface area contributed by atoms with Crippen molar-refractivity contribution in [3.05, 3.63) is 12.4 Å². The number of aromatic nitrogens is 2. The molecule has 0 aliphatic carbocycles. The Kier molecular flexibility index (Phi) is 4.60. The van der Waals surface area contributed by atoms with Gasteiger partial charge in [0.15, 0.2) is 0 Å². The van der Waals surface area contributed by atoms with Crippen LogP contribution in [0, 0.1) is 0 Å². The summed E-state index contributed by atoms with van der Waals surface area (Å²) in [6.45, 7) is 3.73. The molecule has 1 aromatic rings. The van der Waals surface area contributed by atoms with E-state index >= 15 is 0 Å². The number of rotatable bonds is 6. The molecule has 0 aliphatic rings. The zero-order valence-electron chi connectivity index (χ0n) is 10.9. The Hall–Kier alpha value is -1.25. The van der Waals surface area contributed by atoms with Crippen LogP contribution in [-0.4, -0.2) is 44.7 Å². The van der Waals surface area contributed by atoms with Crippen LogP contribution in [0.15, 0.2) is 17.3 Å². The predicted octanol–water partition coefficient (Wildman–Crippen LogP) is 0.222. The van der Waals surface area contributed by atoms with Crippen molar-refractivity contribution in [1.82, 2.24) is 14.7 Å². The number of nitrogens with zero attached hydrogens (tertiary/aromatic N) is 2. The lowest BCUT2D eigenvalue weighted by Crippen LogP contribution is -2.46. The zero-order valence-corrected chi connectivity index (χ0v) is 11.7. The highest BCUT2D eigenvalue weighted by atomic mass is 32.2. The van der Waals surface area contributed by atoms with Crippen molar-refractivity contribution >= 4 is 16.0 Å². The molecule has 0 aliphatic heterocycles. The lowest BCUT2D eigenvalue weighted by atomic mass is 10.1. The average Bonchev–Trinajstić information content (AvgIpc) is 2.27. The maximum absolute atomic E-state index is 12.1. The van der Waals surface area contributed by atoms with Gasteiger partial charge in [0.25, 0.3) is 0 Å². The van der Waals surface area contributed by atoms with Gasteiger partial charge in [-0.25, -0.2) is 23.1 Å². The van der Waals surface area contributed by atoms with Crippen molar-refractivity contribution in [2.24, 2.45) is 0 Å². The van der Waals surface area contributed by atoms with Crippen LogP contribution < -0.4 is 10.0 Å². The van der Waals surface area contributed by atoms with Crippen molar-refractivity contribution in [2.45, 2.75) is 24.3 Å². The molecule has 7 nitrogen and oxygen atoms in total. The number of hydrogen-bond acceptors (Lipinski definition) is 6. The lowest BCUT2D eigenvalue weighted by Gasteiger charge is -2.24. The third-order valence-corrected chi connectivity index (χ3v) is 3.73. The standard InChI is InChI=1S/C10H18N4O3S/c1-10(2,7-17-4)14-18(15,16)8-5-12-9(11-3)13-6-8/h5-6,14H,7H2,1-4H3,(H,11,12,13). The first-order chi connectivity index (χ1) is 8.30. The number of ether oxygens (including phenoxy) is 1. The van der Waals surface area contributed by atoms with Crippen LogP contribution in [0.4, 0.5) is 5.95 Å². The van der Waals surface area contributed by atoms with Gasteiger partial charge in [0, 0.05) is 14.2 Å². The maximum atomic E-state index is 12.1. The third kappa shape index (κ3) is 3.90. The van der Waals surface area contributed by atoms with Gasteiger partial charge in [0.1, 0.15) is 4.90 Å². The van der Waals surface area contributed by atoms with Crippen LogP contribution >= 0.6 is 0 Å². The summed E-state index contributed by atoms with van der Waals surface area (Å²) >= 11 is 0. The van der Waals surface area contributed by atoms with E-state index in [4.69, 9.17) is 4.74 Å². The second-order valence-corrected chi connectivity index (χ2v) is 6.10. The Bertz CT molecular complexity index is 484. The minimum absolute atomic E-state index is 0.0191. The second-order valence-electron chi connectivity index (χ2n) is 4.41. The van der Waals surface area contributed by atoms with E-state index in [1.165, 1.54) is 19.5 Å². The van der Waals surface area contributed by atoms with E-state index < -0.39 is 15.6 Å². The third-order valence-electron chi connectivity index (χ3n) is 2.08. The van der Waals surface area contributed by atoms with Gasteiger partial charge in [-0.3, -0.25) is 0 Å². The Balaban J connectivity index is 2.92. The Morgan fingerprint density at radius 1 is 1.33 bits per heavy atom. The van der Waals surface area contributed by atoms with Crippen LogP contribution in [0.5, 0.6) is 0 Å². The first-order valence-corrected chi connectivity index (χ1v) is 6.82. The van der Waals surface area contributed by atoms with Gasteiger partial charge in [0.2, 0.25) is 16.0 Å². The topological polar surface area (TPSA) is 93.2 Å². The van der Waals surface area contributed by atoms with Crippen molar-refractivity contribution in [1.29, 1.82) is 0 Å². The molecule has 1 heterocycles. The van der Waals surface area contributed by atoms with Gasteiger partial charge >= 0.3 is 0 Å². The van der Waals surface area contributed by atoms with E-state index in [0.717, 1.165) is 0 Å². The largest absolute Gasteiger partial charge is 0.383 e. The smallest absolute Gasteiger partial charge is 0.244 e. The van der Waals surface area contributed by atoms with E-state index in [-0.39, 0.29) is 11.5 Å². The SMILES string of the molecule is CNc1ncc(S(=O)(=O)NC(C)(C)COC)cn1. The van der Waals surface area contributed by atoms with Gasteiger partial charge in [0.05, 0.1) is 24.5 Å². The molecule has 1 rings (SSSR count). The van der Waals surface area contributed by atoms with E-state index in [0.29, 0.717) is 5.95 Å². The fraction of sp³-hybridized carbons (Fsp3) is 0.600. The van der Waals surface area contributed by atoms with Crippen molar-refractivity contribution in [3.63, 3.8) is 0 Å². The Morgan fingerprint density at radius 3 is 2.33 bits per heavy atom. The fourth-order valence-corrected chi connectivity index (χ4v) is 2.68. The molecule has 1 aromatic heterocycles. The first-order valence-electron chi connectivity index (χ1n) is 5.33. The average molecular weight is 274 g/mol. The van der Waals surface area contributed by atoms with Gasteiger partial charge in [-0.15, -0.1) is 0 Å². The molecular formula is C10H18N4O3S. The molecule has 102 valence electrons. The molecule has 0 radical (unpaired) electrons. The summed E-state index contributed by atoms with van der Waals surface area (Å²) in [7, 11) is -0.477. The molecule has 0 aromatic carbocycles. The lowest BCUT2D eigenvalue weighted by molar-refractivity contribution is 0.141. The van der Waals surface area contributed by atoms with Gasteiger partial charge < -0.3 is 10.1 Å². The van der Waals surface area contributed by atoms with E-state index in [9.17, 15) is 8.42 Å². The van der Waals surface area contributed by atoms with Gasteiger partial charge in [-0.05, 0) is 13.8 Å². The predicted molar refractivity (Wildman–Crippen MR) is 67.9 cm³/mol. The molecule has 0 amide bonds. The maximum Gasteiger partial charge on any atom is 0.244 e. The van der Waals surface area contributed by atoms with E-state index in [2.05, 4.69) is 20.0 Å². The number of hydrogen-bond donors (Lipinski definition) is 2. The quantitative estimate of drug-likeness (QED) is 0.771. The number of methoxy groups -OCH3 is 1. The molecule has 2 N–H and O–H groups in total. The molecule has 0 fully saturated rings. The first kappa shape index (κ1) is 14.8. The summed E-state index contributed by atoms with van der Waals surface area (Å²) < 4.78 is 31.6. The number of sulfonamides is 1. The van der Waals surface area contributed by atoms with Crippen LogP contribution in [-0.2, 0) is 14.8 Å². The summed E-state index contributed by atoms with van der Waals surface area (Å²) in [4.78, 5) is 7.75. The monoisotopic (exact) mass is 274 g/mol. The number of anilines is 1. The highest BCUT2D eigenvalue weighted by Gasteiger charge is 2.26. The van der Waals surface area contributed by atoms with Crippen LogP contribution in [0.1, 0.15) is 13.8 Å². The summed E-state index contributed by atoms with van der Waals surface area (Å²) in [5.74, 6) is 0.366. The molecule has 0 unspecified atom stereocenters. The van der Waals surface area contributed by atoms with Crippen LogP contribution in [0.3, 0.4) is 0 Å². The molecule has 0 atom stereocenters. The summed E-state index contributed by atoms with van der Waals surface area (Å²) in [5, 5.41) is 2.72. The zero-order chi connectivity index (χ0) is 13.8. The van der Waals surface area contributed by atoms with Crippen molar-refractivity contribution in [3.8, 4) is 0 Å². The Labute approximate surface area is 107 Å². The highest BCUT2D eigenvalue weighted by molar-refractivity contribution is 7.89. The Morgan fingerprint density at radius 2 is 1.89 bits per heavy atom.